The summed E-state index contributed by atoms with van der Waals surface area (Å²) in [6.45, 7) is 7.93. The van der Waals surface area contributed by atoms with Crippen LogP contribution in [0, 0.1) is 18.8 Å². The molecule has 1 nitrogen and oxygen atoms in total. The fourth-order valence-electron chi connectivity index (χ4n) is 2.95. The summed E-state index contributed by atoms with van der Waals surface area (Å²) in [5.74, 6) is 1.77. The summed E-state index contributed by atoms with van der Waals surface area (Å²) in [5.41, 5.74) is 0. The van der Waals surface area contributed by atoms with Crippen molar-refractivity contribution in [2.24, 2.45) is 11.8 Å². The molecule has 1 N–H and O–H groups in total. The molecule has 0 bridgehead atoms. The van der Waals surface area contributed by atoms with Crippen LogP contribution >= 0.6 is 27.3 Å². The predicted molar refractivity (Wildman–Crippen MR) is 79.6 cm³/mol. The molecule has 0 aliphatic heterocycles. The second-order valence-electron chi connectivity index (χ2n) is 5.21. The Hall–Kier alpha value is 0.140. The summed E-state index contributed by atoms with van der Waals surface area (Å²) in [4.78, 5) is 2.83. The minimum Gasteiger partial charge on any atom is -0.309 e. The van der Waals surface area contributed by atoms with Crippen molar-refractivity contribution >= 4 is 27.3 Å². The highest BCUT2D eigenvalue weighted by molar-refractivity contribution is 9.10. The molecule has 0 saturated heterocycles. The Morgan fingerprint density at radius 2 is 2.24 bits per heavy atom. The van der Waals surface area contributed by atoms with Gasteiger partial charge in [-0.25, -0.2) is 0 Å². The summed E-state index contributed by atoms with van der Waals surface area (Å²) in [6, 6.07) is 2.98. The first-order chi connectivity index (χ1) is 8.11. The van der Waals surface area contributed by atoms with Gasteiger partial charge < -0.3 is 5.32 Å². The van der Waals surface area contributed by atoms with Crippen LogP contribution in [0.25, 0.3) is 0 Å². The smallest absolute Gasteiger partial charge is 0.0314 e. The highest BCUT2D eigenvalue weighted by Gasteiger charge is 2.30. The third-order valence-electron chi connectivity index (χ3n) is 4.20. The zero-order chi connectivity index (χ0) is 12.4. The molecule has 3 heteroatoms. The lowest BCUT2D eigenvalue weighted by molar-refractivity contribution is 0.345. The van der Waals surface area contributed by atoms with Crippen LogP contribution in [0.1, 0.15) is 42.9 Å². The van der Waals surface area contributed by atoms with Crippen molar-refractivity contribution < 1.29 is 0 Å². The lowest BCUT2D eigenvalue weighted by atomic mass is 9.93. The van der Waals surface area contributed by atoms with Crippen molar-refractivity contribution in [2.75, 3.05) is 0 Å². The zero-order valence-corrected chi connectivity index (χ0v) is 13.3. The molecular weight excluding hydrogens is 294 g/mol. The highest BCUT2D eigenvalue weighted by atomic mass is 79.9. The highest BCUT2D eigenvalue weighted by Crippen LogP contribution is 2.34. The minimum atomic E-state index is 0.723. The molecule has 1 aromatic heterocycles. The largest absolute Gasteiger partial charge is 0.309 e. The molecule has 1 aliphatic carbocycles. The van der Waals surface area contributed by atoms with Crippen molar-refractivity contribution in [3.05, 3.63) is 20.3 Å². The van der Waals surface area contributed by atoms with Gasteiger partial charge >= 0.3 is 0 Å². The van der Waals surface area contributed by atoms with E-state index < -0.39 is 0 Å². The summed E-state index contributed by atoms with van der Waals surface area (Å²) in [7, 11) is 0. The summed E-state index contributed by atoms with van der Waals surface area (Å²) in [6.07, 6.45) is 4.09. The molecule has 3 unspecified atom stereocenters. The van der Waals surface area contributed by atoms with E-state index in [0.717, 1.165) is 24.4 Å². The molecule has 0 spiro atoms. The van der Waals surface area contributed by atoms with E-state index in [1.54, 1.807) is 0 Å². The third kappa shape index (κ3) is 3.12. The molecule has 0 radical (unpaired) electrons. The van der Waals surface area contributed by atoms with Gasteiger partial charge in [-0.1, -0.05) is 20.3 Å². The van der Waals surface area contributed by atoms with Crippen LogP contribution in [0.4, 0.5) is 0 Å². The van der Waals surface area contributed by atoms with E-state index in [-0.39, 0.29) is 0 Å². The third-order valence-corrected chi connectivity index (χ3v) is 6.33. The summed E-state index contributed by atoms with van der Waals surface area (Å²) < 4.78 is 1.25. The van der Waals surface area contributed by atoms with Gasteiger partial charge in [0.15, 0.2) is 0 Å². The van der Waals surface area contributed by atoms with Crippen LogP contribution in [0.15, 0.2) is 10.5 Å². The SMILES string of the molecule is CCC1CCC(NCc2cc(Br)c(C)s2)C1C. The standard InChI is InChI=1S/C14H22BrNS/c1-4-11-5-6-14(9(11)2)16-8-12-7-13(15)10(3)17-12/h7,9,11,14,16H,4-6,8H2,1-3H3. The number of halogens is 1. The average Bonchev–Trinajstić information content (AvgIpc) is 2.81. The van der Waals surface area contributed by atoms with Gasteiger partial charge in [0.25, 0.3) is 0 Å². The Labute approximate surface area is 117 Å². The molecule has 1 heterocycles. The van der Waals surface area contributed by atoms with E-state index >= 15 is 0 Å². The first-order valence-electron chi connectivity index (χ1n) is 6.60. The second-order valence-corrected chi connectivity index (χ2v) is 7.40. The Balaban J connectivity index is 1.86. The molecule has 1 saturated carbocycles. The molecule has 0 aromatic carbocycles. The van der Waals surface area contributed by atoms with E-state index in [2.05, 4.69) is 48.1 Å². The monoisotopic (exact) mass is 315 g/mol. The van der Waals surface area contributed by atoms with E-state index in [1.807, 2.05) is 11.3 Å². The topological polar surface area (TPSA) is 12.0 Å². The lowest BCUT2D eigenvalue weighted by Crippen LogP contribution is -2.31. The maximum Gasteiger partial charge on any atom is 0.0314 e. The van der Waals surface area contributed by atoms with Gasteiger partial charge in [-0.15, -0.1) is 11.3 Å². The number of hydrogen-bond acceptors (Lipinski definition) is 2. The van der Waals surface area contributed by atoms with Gasteiger partial charge in [0, 0.05) is 26.8 Å². The van der Waals surface area contributed by atoms with Gasteiger partial charge in [-0.3, -0.25) is 0 Å². The molecule has 1 aliphatic rings. The number of thiophene rings is 1. The first-order valence-corrected chi connectivity index (χ1v) is 8.21. The van der Waals surface area contributed by atoms with Crippen LogP contribution in [0.5, 0.6) is 0 Å². The van der Waals surface area contributed by atoms with E-state index in [0.29, 0.717) is 0 Å². The van der Waals surface area contributed by atoms with Crippen LogP contribution < -0.4 is 5.32 Å². The normalized spacial score (nSPS) is 28.8. The van der Waals surface area contributed by atoms with Crippen molar-refractivity contribution in [3.8, 4) is 0 Å². The Kier molecular flexibility index (Phi) is 4.67. The fraction of sp³-hybridized carbons (Fsp3) is 0.714. The Bertz CT molecular complexity index is 355. The first kappa shape index (κ1) is 13.6. The van der Waals surface area contributed by atoms with Gasteiger partial charge in [0.05, 0.1) is 0 Å². The van der Waals surface area contributed by atoms with Crippen molar-refractivity contribution in [1.82, 2.24) is 5.32 Å². The van der Waals surface area contributed by atoms with Gasteiger partial charge in [0.1, 0.15) is 0 Å². The maximum atomic E-state index is 3.74. The number of nitrogens with one attached hydrogen (secondary N) is 1. The summed E-state index contributed by atoms with van der Waals surface area (Å²) in [5, 5.41) is 3.74. The quantitative estimate of drug-likeness (QED) is 0.846. The molecule has 96 valence electrons. The molecule has 1 fully saturated rings. The zero-order valence-electron chi connectivity index (χ0n) is 10.9. The van der Waals surface area contributed by atoms with Crippen molar-refractivity contribution in [2.45, 2.75) is 52.6 Å². The van der Waals surface area contributed by atoms with E-state index in [1.165, 1.54) is 33.5 Å². The van der Waals surface area contributed by atoms with Gasteiger partial charge in [0.2, 0.25) is 0 Å². The Morgan fingerprint density at radius 3 is 2.76 bits per heavy atom. The molecular formula is C14H22BrNS. The van der Waals surface area contributed by atoms with Crippen molar-refractivity contribution in [1.29, 1.82) is 0 Å². The minimum absolute atomic E-state index is 0.723. The molecule has 0 amide bonds. The summed E-state index contributed by atoms with van der Waals surface area (Å²) >= 11 is 5.48. The molecule has 17 heavy (non-hydrogen) atoms. The van der Waals surface area contributed by atoms with Gasteiger partial charge in [-0.05, 0) is 53.6 Å². The van der Waals surface area contributed by atoms with Crippen LogP contribution in [-0.4, -0.2) is 6.04 Å². The van der Waals surface area contributed by atoms with Gasteiger partial charge in [-0.2, -0.15) is 0 Å². The number of hydrogen-bond donors (Lipinski definition) is 1. The maximum absolute atomic E-state index is 3.74. The number of rotatable bonds is 4. The molecule has 1 aromatic rings. The predicted octanol–water partition coefficient (Wildman–Crippen LogP) is 4.73. The Morgan fingerprint density at radius 1 is 1.47 bits per heavy atom. The van der Waals surface area contributed by atoms with Crippen LogP contribution in [0.2, 0.25) is 0 Å². The molecule has 2 rings (SSSR count). The lowest BCUT2D eigenvalue weighted by Gasteiger charge is -2.20. The van der Waals surface area contributed by atoms with Crippen LogP contribution in [0.3, 0.4) is 0 Å². The average molecular weight is 316 g/mol. The molecule has 3 atom stereocenters. The number of aryl methyl sites for hydroxylation is 1. The second kappa shape index (κ2) is 5.85. The fourth-order valence-corrected chi connectivity index (χ4v) is 4.50. The van der Waals surface area contributed by atoms with Crippen molar-refractivity contribution in [3.63, 3.8) is 0 Å². The van der Waals surface area contributed by atoms with E-state index in [4.69, 9.17) is 0 Å². The van der Waals surface area contributed by atoms with E-state index in [9.17, 15) is 0 Å². The van der Waals surface area contributed by atoms with Crippen LogP contribution in [-0.2, 0) is 6.54 Å².